The van der Waals surface area contributed by atoms with Crippen molar-refractivity contribution in [2.75, 3.05) is 10.6 Å². The number of benzene rings is 2. The number of hydrogen-bond acceptors (Lipinski definition) is 5. The van der Waals surface area contributed by atoms with Gasteiger partial charge in [0, 0.05) is 11.4 Å². The Balaban J connectivity index is 2.07. The van der Waals surface area contributed by atoms with E-state index < -0.39 is 5.56 Å². The lowest BCUT2D eigenvalue weighted by Gasteiger charge is -2.16. The van der Waals surface area contributed by atoms with Gasteiger partial charge in [-0.05, 0) is 55.4 Å². The monoisotopic (exact) mass is 392 g/mol. The van der Waals surface area contributed by atoms with E-state index in [0.29, 0.717) is 11.5 Å². The first-order valence-electron chi connectivity index (χ1n) is 8.58. The number of hydrogen-bond donors (Lipinski definition) is 4. The van der Waals surface area contributed by atoms with Crippen molar-refractivity contribution in [1.82, 2.24) is 4.98 Å². The number of aromatic nitrogens is 1. The molecule has 8 heteroatoms. The third-order valence-electron chi connectivity index (χ3n) is 4.10. The minimum absolute atomic E-state index is 0.0965. The number of anilines is 4. The molecule has 0 atom stereocenters. The minimum Gasteiger partial charge on any atom is -0.373 e. The van der Waals surface area contributed by atoms with Crippen molar-refractivity contribution in [2.24, 2.45) is 16.0 Å². The number of H-pyrrole nitrogens is 1. The van der Waals surface area contributed by atoms with Crippen LogP contribution in [-0.2, 0) is 0 Å². The van der Waals surface area contributed by atoms with Gasteiger partial charge in [-0.25, -0.2) is 0 Å². The molecule has 7 nitrogen and oxygen atoms in total. The summed E-state index contributed by atoms with van der Waals surface area (Å²) < 4.78 is 0. The van der Waals surface area contributed by atoms with Crippen molar-refractivity contribution in [3.05, 3.63) is 76.1 Å². The van der Waals surface area contributed by atoms with Crippen LogP contribution >= 0.6 is 12.2 Å². The first kappa shape index (κ1) is 19.2. The standard InChI is InChI=1S/C20H20N6OS/c1-12-7-3-5-9-14(12)22-16-11-17(25-26-20(21)28)19(27)24-18(16)23-15-10-6-4-8-13(15)2/h3-11,22H,1-2H3,(H2,21,28)(H2,23,24,27). The maximum Gasteiger partial charge on any atom is 0.277 e. The summed E-state index contributed by atoms with van der Waals surface area (Å²) in [5.74, 6) is 0.511. The number of rotatable bonds is 5. The maximum atomic E-state index is 12.4. The third kappa shape index (κ3) is 4.60. The normalized spacial score (nSPS) is 10.8. The first-order valence-corrected chi connectivity index (χ1v) is 8.98. The van der Waals surface area contributed by atoms with Gasteiger partial charge in [-0.1, -0.05) is 36.4 Å². The number of thiocarbonyl (C=S) groups is 1. The van der Waals surface area contributed by atoms with E-state index in [1.165, 1.54) is 0 Å². The Kier molecular flexibility index (Phi) is 5.81. The second-order valence-electron chi connectivity index (χ2n) is 6.19. The van der Waals surface area contributed by atoms with Crippen molar-refractivity contribution in [3.8, 4) is 0 Å². The zero-order chi connectivity index (χ0) is 20.1. The summed E-state index contributed by atoms with van der Waals surface area (Å²) >= 11 is 4.70. The molecule has 0 fully saturated rings. The van der Waals surface area contributed by atoms with Gasteiger partial charge in [-0.2, -0.15) is 0 Å². The van der Waals surface area contributed by atoms with Gasteiger partial charge < -0.3 is 21.4 Å². The minimum atomic E-state index is -0.411. The Morgan fingerprint density at radius 1 is 0.964 bits per heavy atom. The van der Waals surface area contributed by atoms with Gasteiger partial charge in [-0.3, -0.25) is 4.79 Å². The van der Waals surface area contributed by atoms with E-state index in [4.69, 9.17) is 18.0 Å². The maximum absolute atomic E-state index is 12.4. The molecule has 0 aliphatic rings. The topological polar surface area (TPSA) is 108 Å². The molecule has 0 spiro atoms. The zero-order valence-corrected chi connectivity index (χ0v) is 16.3. The van der Waals surface area contributed by atoms with E-state index in [9.17, 15) is 4.79 Å². The second-order valence-corrected chi connectivity index (χ2v) is 6.61. The Hall–Kier alpha value is -3.52. The summed E-state index contributed by atoms with van der Waals surface area (Å²) in [6, 6.07) is 17.2. The predicted octanol–water partition coefficient (Wildman–Crippen LogP) is 4.81. The quantitative estimate of drug-likeness (QED) is 0.368. The van der Waals surface area contributed by atoms with Gasteiger partial charge in [0.2, 0.25) is 5.11 Å². The molecule has 1 aromatic heterocycles. The van der Waals surface area contributed by atoms with Crippen molar-refractivity contribution in [2.45, 2.75) is 13.8 Å². The second kappa shape index (κ2) is 8.45. The average Bonchev–Trinajstić information content (AvgIpc) is 2.66. The van der Waals surface area contributed by atoms with Gasteiger partial charge in [0.1, 0.15) is 5.82 Å². The molecule has 1 heterocycles. The van der Waals surface area contributed by atoms with Crippen LogP contribution in [0.25, 0.3) is 0 Å². The molecule has 0 radical (unpaired) electrons. The number of para-hydroxylation sites is 2. The van der Waals surface area contributed by atoms with Crippen LogP contribution in [0, 0.1) is 13.8 Å². The van der Waals surface area contributed by atoms with Crippen LogP contribution in [0.5, 0.6) is 0 Å². The van der Waals surface area contributed by atoms with Crippen LogP contribution in [0.15, 0.2) is 69.6 Å². The molecular weight excluding hydrogens is 372 g/mol. The molecule has 0 aliphatic carbocycles. The van der Waals surface area contributed by atoms with Gasteiger partial charge >= 0.3 is 0 Å². The molecule has 0 saturated heterocycles. The van der Waals surface area contributed by atoms with Crippen LogP contribution in [0.4, 0.5) is 28.6 Å². The molecule has 5 N–H and O–H groups in total. The van der Waals surface area contributed by atoms with Crippen LogP contribution in [0.3, 0.4) is 0 Å². The van der Waals surface area contributed by atoms with Gasteiger partial charge in [0.15, 0.2) is 5.69 Å². The smallest absolute Gasteiger partial charge is 0.277 e. The lowest BCUT2D eigenvalue weighted by atomic mass is 10.2. The molecule has 3 aromatic rings. The number of aryl methyl sites for hydroxylation is 2. The number of nitrogens with two attached hydrogens (primary N) is 1. The highest BCUT2D eigenvalue weighted by Crippen LogP contribution is 2.30. The molecule has 0 unspecified atom stereocenters. The fraction of sp³-hybridized carbons (Fsp3) is 0.100. The number of nitrogens with zero attached hydrogens (tertiary/aromatic N) is 2. The highest BCUT2D eigenvalue weighted by Gasteiger charge is 2.11. The summed E-state index contributed by atoms with van der Waals surface area (Å²) in [5.41, 5.74) is 9.55. The van der Waals surface area contributed by atoms with Crippen LogP contribution < -0.4 is 21.9 Å². The lowest BCUT2D eigenvalue weighted by molar-refractivity contribution is 1.17. The fourth-order valence-corrected chi connectivity index (χ4v) is 2.64. The molecule has 0 amide bonds. The Morgan fingerprint density at radius 3 is 2.11 bits per heavy atom. The van der Waals surface area contributed by atoms with Gasteiger partial charge in [0.25, 0.3) is 5.56 Å². The summed E-state index contributed by atoms with van der Waals surface area (Å²) in [5, 5.41) is 13.9. The fourth-order valence-electron chi connectivity index (χ4n) is 2.60. The number of nitrogens with one attached hydrogen (secondary N) is 3. The summed E-state index contributed by atoms with van der Waals surface area (Å²) in [6.45, 7) is 3.98. The van der Waals surface area contributed by atoms with Crippen molar-refractivity contribution in [1.29, 1.82) is 0 Å². The van der Waals surface area contributed by atoms with Crippen LogP contribution in [0.1, 0.15) is 11.1 Å². The average molecular weight is 392 g/mol. The van der Waals surface area contributed by atoms with Crippen LogP contribution in [-0.4, -0.2) is 10.1 Å². The lowest BCUT2D eigenvalue weighted by Crippen LogP contribution is -2.11. The Labute approximate surface area is 167 Å². The summed E-state index contributed by atoms with van der Waals surface area (Å²) in [7, 11) is 0. The zero-order valence-electron chi connectivity index (χ0n) is 15.5. The van der Waals surface area contributed by atoms with E-state index in [1.54, 1.807) is 6.07 Å². The highest BCUT2D eigenvalue weighted by molar-refractivity contribution is 7.80. The highest BCUT2D eigenvalue weighted by atomic mass is 32.1. The van der Waals surface area contributed by atoms with Crippen molar-refractivity contribution in [3.63, 3.8) is 0 Å². The molecule has 3 rings (SSSR count). The van der Waals surface area contributed by atoms with Crippen molar-refractivity contribution < 1.29 is 0 Å². The van der Waals surface area contributed by atoms with Gasteiger partial charge in [0.05, 0.1) is 5.69 Å². The number of azo groups is 1. The van der Waals surface area contributed by atoms with Crippen LogP contribution in [0.2, 0.25) is 0 Å². The molecule has 0 bridgehead atoms. The van der Waals surface area contributed by atoms with E-state index >= 15 is 0 Å². The molecular formula is C20H20N6OS. The first-order chi connectivity index (χ1) is 13.4. The summed E-state index contributed by atoms with van der Waals surface area (Å²) in [6.07, 6.45) is 0. The van der Waals surface area contributed by atoms with Gasteiger partial charge in [-0.15, -0.1) is 10.2 Å². The van der Waals surface area contributed by atoms with E-state index in [-0.39, 0.29) is 10.8 Å². The molecule has 142 valence electrons. The summed E-state index contributed by atoms with van der Waals surface area (Å²) in [4.78, 5) is 15.3. The number of pyridine rings is 1. The molecule has 0 aliphatic heterocycles. The number of aromatic amines is 1. The largest absolute Gasteiger partial charge is 0.373 e. The Bertz CT molecular complexity index is 1110. The third-order valence-corrected chi connectivity index (χ3v) is 4.18. The molecule has 2 aromatic carbocycles. The SMILES string of the molecule is Cc1ccccc1Nc1cc(N=NC(N)=S)c(=O)[nH]c1Nc1ccccc1C. The van der Waals surface area contributed by atoms with E-state index in [0.717, 1.165) is 22.5 Å². The molecule has 0 saturated carbocycles. The van der Waals surface area contributed by atoms with Crippen molar-refractivity contribution >= 4 is 45.9 Å². The van der Waals surface area contributed by atoms with E-state index in [1.807, 2.05) is 62.4 Å². The van der Waals surface area contributed by atoms with E-state index in [2.05, 4.69) is 25.8 Å². The predicted molar refractivity (Wildman–Crippen MR) is 117 cm³/mol. The Morgan fingerprint density at radius 2 is 1.54 bits per heavy atom. The molecule has 28 heavy (non-hydrogen) atoms.